The molecule has 2 aromatic heterocycles. The van der Waals surface area contributed by atoms with Crippen molar-refractivity contribution in [3.05, 3.63) is 93.8 Å². The molecule has 0 unspecified atom stereocenters. The van der Waals surface area contributed by atoms with Crippen LogP contribution in [0.5, 0.6) is 5.75 Å². The highest BCUT2D eigenvalue weighted by molar-refractivity contribution is 6.31. The number of ether oxygens (including phenoxy) is 1. The summed E-state index contributed by atoms with van der Waals surface area (Å²) in [6.45, 7) is 0. The number of aromatic nitrogens is 1. The van der Waals surface area contributed by atoms with Crippen molar-refractivity contribution in [3.63, 3.8) is 0 Å². The van der Waals surface area contributed by atoms with Gasteiger partial charge < -0.3 is 13.7 Å². The third-order valence-electron chi connectivity index (χ3n) is 4.69. The van der Waals surface area contributed by atoms with E-state index in [4.69, 9.17) is 36.9 Å². The molecule has 5 nitrogen and oxygen atoms in total. The second-order valence-electron chi connectivity index (χ2n) is 6.77. The van der Waals surface area contributed by atoms with Crippen LogP contribution >= 0.6 is 23.2 Å². The lowest BCUT2D eigenvalue weighted by Gasteiger charge is -2.02. The van der Waals surface area contributed by atoms with Crippen LogP contribution in [0.15, 0.2) is 75.7 Å². The smallest absolute Gasteiger partial charge is 0.379 e. The fraction of sp³-hybridized carbons (Fsp3) is 0.0435. The third-order valence-corrected chi connectivity index (χ3v) is 5.18. The van der Waals surface area contributed by atoms with Crippen LogP contribution in [0.25, 0.3) is 21.9 Å². The van der Waals surface area contributed by atoms with Crippen molar-refractivity contribution in [3.8, 4) is 5.75 Å². The molecule has 0 aliphatic carbocycles. The van der Waals surface area contributed by atoms with Crippen molar-refractivity contribution in [2.45, 2.75) is 6.42 Å². The minimum Gasteiger partial charge on any atom is -0.449 e. The quantitative estimate of drug-likeness (QED) is 0.231. The van der Waals surface area contributed by atoms with Crippen LogP contribution in [0.2, 0.25) is 10.0 Å². The SMILES string of the molecule is O=C(Oc1ccc2c(Cc3ccc(Cl)cc3)noc2c1)c1cc2cc(Cl)ccc2o1. The number of rotatable bonds is 4. The van der Waals surface area contributed by atoms with E-state index in [0.29, 0.717) is 33.4 Å². The lowest BCUT2D eigenvalue weighted by Crippen LogP contribution is -2.06. The minimum atomic E-state index is -0.609. The molecule has 5 rings (SSSR count). The summed E-state index contributed by atoms with van der Waals surface area (Å²) in [6, 6.07) is 19.4. The van der Waals surface area contributed by atoms with E-state index < -0.39 is 5.97 Å². The summed E-state index contributed by atoms with van der Waals surface area (Å²) < 4.78 is 16.4. The summed E-state index contributed by atoms with van der Waals surface area (Å²) in [4.78, 5) is 12.5. The summed E-state index contributed by atoms with van der Waals surface area (Å²) in [5.74, 6) is -0.184. The highest BCUT2D eigenvalue weighted by Crippen LogP contribution is 2.28. The Morgan fingerprint density at radius 2 is 1.70 bits per heavy atom. The number of benzene rings is 3. The zero-order valence-corrected chi connectivity index (χ0v) is 16.9. The lowest BCUT2D eigenvalue weighted by atomic mass is 10.1. The van der Waals surface area contributed by atoms with Crippen LogP contribution in [0, 0.1) is 0 Å². The number of carbonyl (C=O) groups is 1. The fourth-order valence-corrected chi connectivity index (χ4v) is 3.54. The monoisotopic (exact) mass is 437 g/mol. The number of nitrogens with zero attached hydrogens (tertiary/aromatic N) is 1. The van der Waals surface area contributed by atoms with Crippen molar-refractivity contribution in [2.75, 3.05) is 0 Å². The molecule has 2 heterocycles. The van der Waals surface area contributed by atoms with Crippen molar-refractivity contribution >= 4 is 51.1 Å². The Labute approximate surface area is 180 Å². The van der Waals surface area contributed by atoms with Gasteiger partial charge in [-0.15, -0.1) is 0 Å². The van der Waals surface area contributed by atoms with Gasteiger partial charge in [-0.1, -0.05) is 40.5 Å². The molecule has 0 spiro atoms. The zero-order chi connectivity index (χ0) is 20.7. The van der Waals surface area contributed by atoms with Crippen molar-refractivity contribution in [1.29, 1.82) is 0 Å². The Morgan fingerprint density at radius 1 is 0.900 bits per heavy atom. The van der Waals surface area contributed by atoms with Gasteiger partial charge in [-0.2, -0.15) is 0 Å². The third kappa shape index (κ3) is 3.65. The first kappa shape index (κ1) is 18.7. The van der Waals surface area contributed by atoms with Crippen LogP contribution in [0.1, 0.15) is 21.8 Å². The fourth-order valence-electron chi connectivity index (χ4n) is 3.23. The maximum Gasteiger partial charge on any atom is 0.379 e. The van der Waals surface area contributed by atoms with Gasteiger partial charge in [0.25, 0.3) is 0 Å². The molecule has 0 N–H and O–H groups in total. The van der Waals surface area contributed by atoms with E-state index in [1.165, 1.54) is 0 Å². The van der Waals surface area contributed by atoms with Gasteiger partial charge in [-0.25, -0.2) is 4.79 Å². The number of esters is 1. The van der Waals surface area contributed by atoms with Gasteiger partial charge in [-0.05, 0) is 54.1 Å². The second kappa shape index (κ2) is 7.52. The van der Waals surface area contributed by atoms with Crippen LogP contribution in [-0.4, -0.2) is 11.1 Å². The second-order valence-corrected chi connectivity index (χ2v) is 7.65. The van der Waals surface area contributed by atoms with Gasteiger partial charge in [0.05, 0.1) is 5.69 Å². The molecule has 7 heteroatoms. The summed E-state index contributed by atoms with van der Waals surface area (Å²) >= 11 is 11.9. The topological polar surface area (TPSA) is 65.5 Å². The number of hydrogen-bond acceptors (Lipinski definition) is 5. The summed E-state index contributed by atoms with van der Waals surface area (Å²) in [6.07, 6.45) is 0.602. The van der Waals surface area contributed by atoms with Gasteiger partial charge in [0.1, 0.15) is 11.3 Å². The zero-order valence-electron chi connectivity index (χ0n) is 15.4. The Kier molecular flexibility index (Phi) is 4.69. The maximum absolute atomic E-state index is 12.5. The average molecular weight is 438 g/mol. The summed E-state index contributed by atoms with van der Waals surface area (Å²) in [7, 11) is 0. The van der Waals surface area contributed by atoms with E-state index in [1.54, 1.807) is 36.4 Å². The largest absolute Gasteiger partial charge is 0.449 e. The van der Waals surface area contributed by atoms with Crippen molar-refractivity contribution < 1.29 is 18.5 Å². The molecule has 5 aromatic rings. The predicted molar refractivity (Wildman–Crippen MR) is 114 cm³/mol. The predicted octanol–water partition coefficient (Wildman–Crippen LogP) is 6.69. The molecule has 148 valence electrons. The highest BCUT2D eigenvalue weighted by Gasteiger charge is 2.17. The first-order valence-corrected chi connectivity index (χ1v) is 9.85. The van der Waals surface area contributed by atoms with E-state index in [2.05, 4.69) is 5.16 Å². The normalized spacial score (nSPS) is 11.3. The first-order chi connectivity index (χ1) is 14.5. The number of furan rings is 1. The molecule has 0 aliphatic rings. The summed E-state index contributed by atoms with van der Waals surface area (Å²) in [5.41, 5.74) is 2.94. The van der Waals surface area contributed by atoms with Gasteiger partial charge in [0.2, 0.25) is 5.76 Å². The van der Waals surface area contributed by atoms with Crippen LogP contribution in [0.4, 0.5) is 0 Å². The lowest BCUT2D eigenvalue weighted by molar-refractivity contribution is 0.0704. The Morgan fingerprint density at radius 3 is 2.53 bits per heavy atom. The number of carbonyl (C=O) groups excluding carboxylic acids is 1. The number of fused-ring (bicyclic) bond motifs is 2. The average Bonchev–Trinajstić information content (AvgIpc) is 3.33. The van der Waals surface area contributed by atoms with Gasteiger partial charge in [-0.3, -0.25) is 0 Å². The molecule has 0 bridgehead atoms. The van der Waals surface area contributed by atoms with Crippen molar-refractivity contribution in [2.24, 2.45) is 0 Å². The first-order valence-electron chi connectivity index (χ1n) is 9.09. The molecule has 0 atom stereocenters. The van der Waals surface area contributed by atoms with E-state index in [-0.39, 0.29) is 5.76 Å². The van der Waals surface area contributed by atoms with Crippen LogP contribution in [-0.2, 0) is 6.42 Å². The van der Waals surface area contributed by atoms with Crippen LogP contribution < -0.4 is 4.74 Å². The molecule has 0 fully saturated rings. The Bertz CT molecular complexity index is 1390. The van der Waals surface area contributed by atoms with Gasteiger partial charge in [0, 0.05) is 33.3 Å². The van der Waals surface area contributed by atoms with E-state index >= 15 is 0 Å². The van der Waals surface area contributed by atoms with Gasteiger partial charge in [0.15, 0.2) is 5.58 Å². The Balaban J connectivity index is 1.37. The molecule has 0 radical (unpaired) electrons. The summed E-state index contributed by atoms with van der Waals surface area (Å²) in [5, 5.41) is 6.97. The van der Waals surface area contributed by atoms with E-state index in [0.717, 1.165) is 22.0 Å². The molecule has 30 heavy (non-hydrogen) atoms. The minimum absolute atomic E-state index is 0.0911. The molecule has 0 saturated carbocycles. The molecule has 0 aliphatic heterocycles. The molecular formula is C23H13Cl2NO4. The maximum atomic E-state index is 12.5. The number of halogens is 2. The molecule has 0 saturated heterocycles. The van der Waals surface area contributed by atoms with E-state index in [9.17, 15) is 4.79 Å². The van der Waals surface area contributed by atoms with Crippen LogP contribution in [0.3, 0.4) is 0 Å². The Hall–Kier alpha value is -3.28. The van der Waals surface area contributed by atoms with Crippen molar-refractivity contribution in [1.82, 2.24) is 5.16 Å². The van der Waals surface area contributed by atoms with E-state index in [1.807, 2.05) is 30.3 Å². The molecule has 3 aromatic carbocycles. The molecular weight excluding hydrogens is 425 g/mol. The van der Waals surface area contributed by atoms with Gasteiger partial charge >= 0.3 is 5.97 Å². The highest BCUT2D eigenvalue weighted by atomic mass is 35.5. The molecule has 0 amide bonds. The standard InChI is InChI=1S/C23H13Cl2NO4/c24-15-3-1-13(2-4-15)9-19-18-7-6-17(12-21(18)30-26-19)28-23(27)22-11-14-10-16(25)5-8-20(14)29-22/h1-8,10-12H,9H2. The number of hydrogen-bond donors (Lipinski definition) is 0.